The molecule has 0 atom stereocenters. The van der Waals surface area contributed by atoms with Crippen LogP contribution < -0.4 is 14.9 Å². The van der Waals surface area contributed by atoms with Crippen LogP contribution in [0.3, 0.4) is 0 Å². The highest BCUT2D eigenvalue weighted by Gasteiger charge is 2.11. The van der Waals surface area contributed by atoms with Crippen molar-refractivity contribution in [2.24, 2.45) is 5.10 Å². The van der Waals surface area contributed by atoms with Gasteiger partial charge in [-0.3, -0.25) is 4.79 Å². The molecule has 0 bridgehead atoms. The molecular formula is C22H19IN2O3. The number of carbonyl (C=O) groups excluding carboxylic acids is 1. The van der Waals surface area contributed by atoms with Crippen molar-refractivity contribution in [2.45, 2.75) is 6.61 Å². The van der Waals surface area contributed by atoms with Crippen LogP contribution in [0.15, 0.2) is 77.9 Å². The van der Waals surface area contributed by atoms with Crippen LogP contribution in [0, 0.1) is 3.57 Å². The minimum absolute atomic E-state index is 0.263. The fourth-order valence-electron chi connectivity index (χ4n) is 2.50. The van der Waals surface area contributed by atoms with Crippen LogP contribution in [0.25, 0.3) is 0 Å². The van der Waals surface area contributed by atoms with E-state index in [-0.39, 0.29) is 5.91 Å². The summed E-state index contributed by atoms with van der Waals surface area (Å²) in [7, 11) is 1.60. The molecule has 5 nitrogen and oxygen atoms in total. The average molecular weight is 486 g/mol. The number of methoxy groups -OCH3 is 1. The zero-order valence-corrected chi connectivity index (χ0v) is 17.4. The first kappa shape index (κ1) is 19.9. The number of carbonyl (C=O) groups is 1. The van der Waals surface area contributed by atoms with Gasteiger partial charge in [0, 0.05) is 5.56 Å². The van der Waals surface area contributed by atoms with Crippen molar-refractivity contribution in [1.29, 1.82) is 0 Å². The molecule has 3 aromatic rings. The van der Waals surface area contributed by atoms with Gasteiger partial charge in [0.2, 0.25) is 0 Å². The van der Waals surface area contributed by atoms with Crippen LogP contribution in [0.4, 0.5) is 0 Å². The number of nitrogens with one attached hydrogen (secondary N) is 1. The third-order valence-corrected chi connectivity index (χ3v) is 4.69. The molecule has 3 rings (SSSR count). The second-order valence-electron chi connectivity index (χ2n) is 5.87. The molecule has 1 amide bonds. The Balaban J connectivity index is 1.69. The molecule has 0 aliphatic rings. The molecule has 0 heterocycles. The SMILES string of the molecule is COc1cc(/C=N\NC(=O)c2ccccc2)cc(I)c1OCc1ccccc1. The predicted molar refractivity (Wildman–Crippen MR) is 118 cm³/mol. The van der Waals surface area contributed by atoms with Gasteiger partial charge in [-0.2, -0.15) is 5.10 Å². The first-order chi connectivity index (χ1) is 13.7. The van der Waals surface area contributed by atoms with Gasteiger partial charge in [-0.1, -0.05) is 48.5 Å². The highest BCUT2D eigenvalue weighted by molar-refractivity contribution is 14.1. The molecule has 0 saturated heterocycles. The van der Waals surface area contributed by atoms with E-state index in [4.69, 9.17) is 9.47 Å². The maximum Gasteiger partial charge on any atom is 0.271 e. The summed E-state index contributed by atoms with van der Waals surface area (Å²) in [5, 5.41) is 4.03. The van der Waals surface area contributed by atoms with E-state index in [1.165, 1.54) is 0 Å². The second-order valence-corrected chi connectivity index (χ2v) is 7.04. The zero-order chi connectivity index (χ0) is 19.8. The van der Waals surface area contributed by atoms with E-state index < -0.39 is 0 Å². The minimum atomic E-state index is -0.263. The molecule has 0 unspecified atom stereocenters. The Bertz CT molecular complexity index is 960. The summed E-state index contributed by atoms with van der Waals surface area (Å²) < 4.78 is 12.3. The number of nitrogens with zero attached hydrogens (tertiary/aromatic N) is 1. The Hall–Kier alpha value is -2.87. The number of amides is 1. The van der Waals surface area contributed by atoms with Gasteiger partial charge in [0.1, 0.15) is 6.61 Å². The van der Waals surface area contributed by atoms with Gasteiger partial charge in [0.05, 0.1) is 16.9 Å². The lowest BCUT2D eigenvalue weighted by Crippen LogP contribution is -2.17. The third-order valence-electron chi connectivity index (χ3n) is 3.89. The van der Waals surface area contributed by atoms with Crippen molar-refractivity contribution in [3.05, 3.63) is 93.1 Å². The van der Waals surface area contributed by atoms with E-state index in [0.29, 0.717) is 23.7 Å². The smallest absolute Gasteiger partial charge is 0.271 e. The summed E-state index contributed by atoms with van der Waals surface area (Å²) in [5.74, 6) is 1.03. The van der Waals surface area contributed by atoms with Gasteiger partial charge in [0.25, 0.3) is 5.91 Å². The normalized spacial score (nSPS) is 10.6. The Kier molecular flexibility index (Phi) is 7.02. The van der Waals surface area contributed by atoms with Crippen LogP contribution in [0.2, 0.25) is 0 Å². The maximum absolute atomic E-state index is 12.0. The second kappa shape index (κ2) is 9.89. The summed E-state index contributed by atoms with van der Waals surface area (Å²) in [6.07, 6.45) is 1.58. The molecule has 0 radical (unpaired) electrons. The van der Waals surface area contributed by atoms with Gasteiger partial charge in [-0.25, -0.2) is 5.43 Å². The van der Waals surface area contributed by atoms with Crippen molar-refractivity contribution in [3.63, 3.8) is 0 Å². The minimum Gasteiger partial charge on any atom is -0.493 e. The topological polar surface area (TPSA) is 59.9 Å². The van der Waals surface area contributed by atoms with Gasteiger partial charge in [-0.15, -0.1) is 0 Å². The molecule has 6 heteroatoms. The summed E-state index contributed by atoms with van der Waals surface area (Å²) in [6, 6.07) is 22.6. The van der Waals surface area contributed by atoms with Crippen LogP contribution in [-0.4, -0.2) is 19.2 Å². The molecule has 0 fully saturated rings. The maximum atomic E-state index is 12.0. The van der Waals surface area contributed by atoms with Gasteiger partial charge in [-0.05, 0) is 58.0 Å². The highest BCUT2D eigenvalue weighted by atomic mass is 127. The van der Waals surface area contributed by atoms with Crippen molar-refractivity contribution in [1.82, 2.24) is 5.43 Å². The fourth-order valence-corrected chi connectivity index (χ4v) is 3.28. The Morgan fingerprint density at radius 1 is 1.07 bits per heavy atom. The van der Waals surface area contributed by atoms with Gasteiger partial charge < -0.3 is 9.47 Å². The quantitative estimate of drug-likeness (QED) is 0.301. The molecule has 142 valence electrons. The number of benzene rings is 3. The van der Waals surface area contributed by atoms with Crippen LogP contribution in [0.1, 0.15) is 21.5 Å². The van der Waals surface area contributed by atoms with Crippen molar-refractivity contribution < 1.29 is 14.3 Å². The Morgan fingerprint density at radius 2 is 1.75 bits per heavy atom. The molecule has 28 heavy (non-hydrogen) atoms. The molecule has 0 aliphatic heterocycles. The fraction of sp³-hybridized carbons (Fsp3) is 0.0909. The van der Waals surface area contributed by atoms with Gasteiger partial charge in [0.15, 0.2) is 11.5 Å². The lowest BCUT2D eigenvalue weighted by Gasteiger charge is -2.13. The van der Waals surface area contributed by atoms with E-state index in [1.54, 1.807) is 37.6 Å². The van der Waals surface area contributed by atoms with Crippen molar-refractivity contribution in [3.8, 4) is 11.5 Å². The first-order valence-electron chi connectivity index (χ1n) is 8.60. The summed E-state index contributed by atoms with van der Waals surface area (Å²) in [6.45, 7) is 0.452. The van der Waals surface area contributed by atoms with Crippen molar-refractivity contribution in [2.75, 3.05) is 7.11 Å². The van der Waals surface area contributed by atoms with Crippen molar-refractivity contribution >= 4 is 34.7 Å². The summed E-state index contributed by atoms with van der Waals surface area (Å²) in [5.41, 5.74) is 4.95. The predicted octanol–water partition coefficient (Wildman–Crippen LogP) is 4.64. The molecule has 0 aliphatic carbocycles. The molecule has 1 N–H and O–H groups in total. The average Bonchev–Trinajstić information content (AvgIpc) is 2.74. The number of hydrogen-bond donors (Lipinski definition) is 1. The lowest BCUT2D eigenvalue weighted by atomic mass is 10.2. The molecule has 3 aromatic carbocycles. The lowest BCUT2D eigenvalue weighted by molar-refractivity contribution is 0.0955. The van der Waals surface area contributed by atoms with E-state index in [9.17, 15) is 4.79 Å². The van der Waals surface area contributed by atoms with E-state index >= 15 is 0 Å². The molecular weight excluding hydrogens is 467 g/mol. The van der Waals surface area contributed by atoms with Gasteiger partial charge >= 0.3 is 0 Å². The first-order valence-corrected chi connectivity index (χ1v) is 9.68. The summed E-state index contributed by atoms with van der Waals surface area (Å²) in [4.78, 5) is 12.0. The van der Waals surface area contributed by atoms with Crippen LogP contribution >= 0.6 is 22.6 Å². The van der Waals surface area contributed by atoms with E-state index in [1.807, 2.05) is 48.5 Å². The third kappa shape index (κ3) is 5.32. The number of hydrogen-bond acceptors (Lipinski definition) is 4. The van der Waals surface area contributed by atoms with Crippen LogP contribution in [-0.2, 0) is 6.61 Å². The standard InChI is InChI=1S/C22H19IN2O3/c1-27-20-13-17(14-24-25-22(26)18-10-6-3-7-11-18)12-19(23)21(20)28-15-16-8-4-2-5-9-16/h2-14H,15H2,1H3,(H,25,26)/b24-14-. The molecule has 0 aromatic heterocycles. The number of rotatable bonds is 7. The number of halogens is 1. The zero-order valence-electron chi connectivity index (χ0n) is 15.3. The Labute approximate surface area is 177 Å². The van der Waals surface area contributed by atoms with E-state index in [0.717, 1.165) is 14.7 Å². The molecule has 0 saturated carbocycles. The number of ether oxygens (including phenoxy) is 2. The highest BCUT2D eigenvalue weighted by Crippen LogP contribution is 2.34. The Morgan fingerprint density at radius 3 is 2.43 bits per heavy atom. The molecule has 0 spiro atoms. The number of hydrazone groups is 1. The largest absolute Gasteiger partial charge is 0.493 e. The summed E-state index contributed by atoms with van der Waals surface area (Å²) >= 11 is 2.20. The van der Waals surface area contributed by atoms with Crippen LogP contribution in [0.5, 0.6) is 11.5 Å². The monoisotopic (exact) mass is 486 g/mol. The van der Waals surface area contributed by atoms with E-state index in [2.05, 4.69) is 33.1 Å².